The molecule has 3 heteroatoms. The highest BCUT2D eigenvalue weighted by Crippen LogP contribution is 2.18. The van der Waals surface area contributed by atoms with Crippen molar-refractivity contribution in [2.75, 3.05) is 0 Å². The number of amides is 1. The zero-order valence-corrected chi connectivity index (χ0v) is 9.77. The number of halogens is 1. The molecule has 1 saturated carbocycles. The van der Waals surface area contributed by atoms with Crippen molar-refractivity contribution in [3.63, 3.8) is 0 Å². The van der Waals surface area contributed by atoms with Crippen molar-refractivity contribution in [3.8, 4) is 0 Å². The van der Waals surface area contributed by atoms with Crippen molar-refractivity contribution in [2.24, 2.45) is 0 Å². The van der Waals surface area contributed by atoms with Gasteiger partial charge in [0, 0.05) is 6.04 Å². The topological polar surface area (TPSA) is 29.1 Å². The number of rotatable bonds is 3. The Bertz CT molecular complexity index is 166. The molecule has 1 aliphatic carbocycles. The van der Waals surface area contributed by atoms with E-state index in [1.807, 2.05) is 6.92 Å². The number of hydrogen-bond acceptors (Lipinski definition) is 1. The van der Waals surface area contributed by atoms with E-state index in [0.29, 0.717) is 6.04 Å². The van der Waals surface area contributed by atoms with Crippen LogP contribution in [0.2, 0.25) is 0 Å². The minimum absolute atomic E-state index is 0.00516. The van der Waals surface area contributed by atoms with Gasteiger partial charge in [0.15, 0.2) is 0 Å². The van der Waals surface area contributed by atoms with Gasteiger partial charge in [0.2, 0.25) is 5.91 Å². The molecule has 0 spiro atoms. The van der Waals surface area contributed by atoms with Crippen LogP contribution in [0.1, 0.15) is 45.4 Å². The van der Waals surface area contributed by atoms with Gasteiger partial charge >= 0.3 is 0 Å². The van der Waals surface area contributed by atoms with E-state index >= 15 is 0 Å². The van der Waals surface area contributed by atoms with Crippen LogP contribution < -0.4 is 5.32 Å². The summed E-state index contributed by atoms with van der Waals surface area (Å²) >= 11 is 3.36. The first-order chi connectivity index (χ1) is 6.24. The molecule has 0 aromatic carbocycles. The average Bonchev–Trinajstić information content (AvgIpc) is 2.18. The maximum atomic E-state index is 11.5. The quantitative estimate of drug-likeness (QED) is 0.764. The fraction of sp³-hybridized carbons (Fsp3) is 0.900. The molecule has 1 fully saturated rings. The molecule has 13 heavy (non-hydrogen) atoms. The summed E-state index contributed by atoms with van der Waals surface area (Å²) < 4.78 is 0. The summed E-state index contributed by atoms with van der Waals surface area (Å²) in [4.78, 5) is 11.5. The molecule has 1 N–H and O–H groups in total. The van der Waals surface area contributed by atoms with Crippen LogP contribution in [-0.4, -0.2) is 16.8 Å². The summed E-state index contributed by atoms with van der Waals surface area (Å²) in [5, 5.41) is 3.08. The predicted molar refractivity (Wildman–Crippen MR) is 58.0 cm³/mol. The Hall–Kier alpha value is -0.0500. The van der Waals surface area contributed by atoms with E-state index in [1.165, 1.54) is 19.3 Å². The molecule has 0 aromatic rings. The SMILES string of the molecule is CC[C@H](Br)C(=O)NC1CCCCC1. The van der Waals surface area contributed by atoms with Gasteiger partial charge in [-0.25, -0.2) is 0 Å². The molecule has 0 heterocycles. The summed E-state index contributed by atoms with van der Waals surface area (Å²) in [6.45, 7) is 2.01. The molecule has 0 aromatic heterocycles. The highest BCUT2D eigenvalue weighted by molar-refractivity contribution is 9.10. The molecule has 0 bridgehead atoms. The zero-order chi connectivity index (χ0) is 9.68. The van der Waals surface area contributed by atoms with Gasteiger partial charge < -0.3 is 5.32 Å². The van der Waals surface area contributed by atoms with Gasteiger partial charge in [-0.3, -0.25) is 4.79 Å². The second-order valence-corrected chi connectivity index (χ2v) is 4.82. The Morgan fingerprint density at radius 3 is 2.62 bits per heavy atom. The molecule has 1 atom stereocenters. The summed E-state index contributed by atoms with van der Waals surface area (Å²) in [6, 6.07) is 0.438. The van der Waals surface area contributed by atoms with Gasteiger partial charge in [0.25, 0.3) is 0 Å². The smallest absolute Gasteiger partial charge is 0.233 e. The third-order valence-corrected chi connectivity index (χ3v) is 3.66. The minimum Gasteiger partial charge on any atom is -0.352 e. The van der Waals surface area contributed by atoms with Crippen LogP contribution in [0, 0.1) is 0 Å². The molecular weight excluding hydrogens is 230 g/mol. The van der Waals surface area contributed by atoms with Crippen molar-refractivity contribution < 1.29 is 4.79 Å². The Labute approximate surface area is 88.6 Å². The van der Waals surface area contributed by atoms with E-state index in [-0.39, 0.29) is 10.7 Å². The Morgan fingerprint density at radius 1 is 1.46 bits per heavy atom. The number of nitrogens with one attached hydrogen (secondary N) is 1. The van der Waals surface area contributed by atoms with E-state index in [4.69, 9.17) is 0 Å². The van der Waals surface area contributed by atoms with E-state index in [1.54, 1.807) is 0 Å². The Kier molecular flexibility index (Phi) is 4.78. The normalized spacial score (nSPS) is 21.1. The van der Waals surface area contributed by atoms with Gasteiger partial charge in [-0.15, -0.1) is 0 Å². The summed E-state index contributed by atoms with van der Waals surface area (Å²) in [5.74, 6) is 0.161. The van der Waals surface area contributed by atoms with Crippen LogP contribution in [0.15, 0.2) is 0 Å². The van der Waals surface area contributed by atoms with E-state index in [0.717, 1.165) is 19.3 Å². The van der Waals surface area contributed by atoms with Crippen molar-refractivity contribution in [3.05, 3.63) is 0 Å². The monoisotopic (exact) mass is 247 g/mol. The van der Waals surface area contributed by atoms with Crippen LogP contribution in [0.3, 0.4) is 0 Å². The number of carbonyl (C=O) groups is 1. The van der Waals surface area contributed by atoms with Gasteiger partial charge in [-0.1, -0.05) is 42.1 Å². The fourth-order valence-electron chi connectivity index (χ4n) is 1.72. The van der Waals surface area contributed by atoms with Crippen molar-refractivity contribution in [1.82, 2.24) is 5.32 Å². The van der Waals surface area contributed by atoms with E-state index in [9.17, 15) is 4.79 Å². The van der Waals surface area contributed by atoms with Crippen molar-refractivity contribution in [1.29, 1.82) is 0 Å². The number of alkyl halides is 1. The van der Waals surface area contributed by atoms with Gasteiger partial charge in [0.05, 0.1) is 4.83 Å². The zero-order valence-electron chi connectivity index (χ0n) is 8.18. The lowest BCUT2D eigenvalue weighted by Gasteiger charge is -2.23. The summed E-state index contributed by atoms with van der Waals surface area (Å²) in [6.07, 6.45) is 7.05. The van der Waals surface area contributed by atoms with E-state index < -0.39 is 0 Å². The first kappa shape index (κ1) is 11.0. The molecule has 0 aliphatic heterocycles. The lowest BCUT2D eigenvalue weighted by atomic mass is 9.95. The predicted octanol–water partition coefficient (Wildman–Crippen LogP) is 2.61. The van der Waals surface area contributed by atoms with Gasteiger partial charge in [0.1, 0.15) is 0 Å². The second-order valence-electron chi connectivity index (χ2n) is 3.72. The third kappa shape index (κ3) is 3.67. The van der Waals surface area contributed by atoms with Crippen LogP contribution >= 0.6 is 15.9 Å². The van der Waals surface area contributed by atoms with Crippen molar-refractivity contribution >= 4 is 21.8 Å². The lowest BCUT2D eigenvalue weighted by Crippen LogP contribution is -2.40. The number of hydrogen-bond donors (Lipinski definition) is 1. The first-order valence-electron chi connectivity index (χ1n) is 5.18. The molecule has 0 unspecified atom stereocenters. The lowest BCUT2D eigenvalue weighted by molar-refractivity contribution is -0.121. The standard InChI is InChI=1S/C10H18BrNO/c1-2-9(11)10(13)12-8-6-4-3-5-7-8/h8-9H,2-7H2,1H3,(H,12,13)/t9-/m0/s1. The maximum Gasteiger partial charge on any atom is 0.233 e. The molecule has 1 aliphatic rings. The second kappa shape index (κ2) is 5.63. The van der Waals surface area contributed by atoms with Crippen LogP contribution in [0.5, 0.6) is 0 Å². The fourth-order valence-corrected chi connectivity index (χ4v) is 1.86. The summed E-state index contributed by atoms with van der Waals surface area (Å²) in [5.41, 5.74) is 0. The summed E-state index contributed by atoms with van der Waals surface area (Å²) in [7, 11) is 0. The average molecular weight is 248 g/mol. The molecule has 0 radical (unpaired) electrons. The first-order valence-corrected chi connectivity index (χ1v) is 6.10. The van der Waals surface area contributed by atoms with Crippen molar-refractivity contribution in [2.45, 2.75) is 56.3 Å². The molecule has 76 valence electrons. The molecular formula is C10H18BrNO. The Morgan fingerprint density at radius 2 is 2.08 bits per heavy atom. The van der Waals surface area contributed by atoms with E-state index in [2.05, 4.69) is 21.2 Å². The van der Waals surface area contributed by atoms with Crippen LogP contribution in [0.25, 0.3) is 0 Å². The van der Waals surface area contributed by atoms with Crippen LogP contribution in [-0.2, 0) is 4.79 Å². The Balaban J connectivity index is 2.26. The minimum atomic E-state index is -0.00516. The van der Waals surface area contributed by atoms with Gasteiger partial charge in [-0.05, 0) is 19.3 Å². The van der Waals surface area contributed by atoms with Crippen LogP contribution in [0.4, 0.5) is 0 Å². The molecule has 1 amide bonds. The molecule has 1 rings (SSSR count). The molecule has 0 saturated heterocycles. The maximum absolute atomic E-state index is 11.5. The number of carbonyl (C=O) groups excluding carboxylic acids is 1. The largest absolute Gasteiger partial charge is 0.352 e. The van der Waals surface area contributed by atoms with Gasteiger partial charge in [-0.2, -0.15) is 0 Å². The third-order valence-electron chi connectivity index (χ3n) is 2.59. The highest BCUT2D eigenvalue weighted by atomic mass is 79.9. The highest BCUT2D eigenvalue weighted by Gasteiger charge is 2.18. The molecule has 2 nitrogen and oxygen atoms in total.